The number of hydrogen-bond acceptors (Lipinski definition) is 2. The Labute approximate surface area is 129 Å². The van der Waals surface area contributed by atoms with Gasteiger partial charge in [0.2, 0.25) is 12.1 Å². The number of morpholine rings is 1. The van der Waals surface area contributed by atoms with Crippen LogP contribution in [-0.4, -0.2) is 41.2 Å². The maximum absolute atomic E-state index is 11.9. The lowest BCUT2D eigenvalue weighted by atomic mass is 10.2. The topological polar surface area (TPSA) is 42.8 Å². The van der Waals surface area contributed by atoms with E-state index in [9.17, 15) is 4.79 Å². The molecule has 1 rings (SSSR count). The molecule has 1 heterocycles. The van der Waals surface area contributed by atoms with Crippen molar-refractivity contribution in [2.24, 2.45) is 5.92 Å². The molecule has 0 aromatic carbocycles. The van der Waals surface area contributed by atoms with E-state index in [2.05, 4.69) is 5.32 Å². The standard InChI is InChI=1S/C12H21Cl3N2O2/c1-7(2)10(18)16-11(12(13,14)15)17-5-8(3)19-9(4)6-17/h7-9,11H,5-6H2,1-4H3,(H,16,18)/p+1/t8-,9+,11-/m0/s1. The molecule has 0 spiro atoms. The van der Waals surface area contributed by atoms with Gasteiger partial charge < -0.3 is 15.0 Å². The molecule has 1 amide bonds. The van der Waals surface area contributed by atoms with Crippen molar-refractivity contribution >= 4 is 40.7 Å². The first-order valence-electron chi connectivity index (χ1n) is 6.48. The molecule has 7 heteroatoms. The van der Waals surface area contributed by atoms with Crippen LogP contribution in [0.2, 0.25) is 0 Å². The summed E-state index contributed by atoms with van der Waals surface area (Å²) in [7, 11) is 0. The molecule has 0 bridgehead atoms. The van der Waals surface area contributed by atoms with Crippen molar-refractivity contribution in [1.82, 2.24) is 5.32 Å². The van der Waals surface area contributed by atoms with Gasteiger partial charge in [0.15, 0.2) is 0 Å². The third kappa shape index (κ3) is 5.27. The number of rotatable bonds is 3. The van der Waals surface area contributed by atoms with E-state index in [1.807, 2.05) is 27.7 Å². The van der Waals surface area contributed by atoms with Crippen LogP contribution in [0.1, 0.15) is 27.7 Å². The first-order valence-corrected chi connectivity index (χ1v) is 7.61. The minimum atomic E-state index is -1.54. The molecular formula is C12H22Cl3N2O2+. The number of carbonyl (C=O) groups excluding carboxylic acids is 1. The van der Waals surface area contributed by atoms with Crippen molar-refractivity contribution in [3.63, 3.8) is 0 Å². The van der Waals surface area contributed by atoms with E-state index >= 15 is 0 Å². The highest BCUT2D eigenvalue weighted by molar-refractivity contribution is 6.68. The Morgan fingerprint density at radius 1 is 1.26 bits per heavy atom. The number of alkyl halides is 3. The zero-order chi connectivity index (χ0) is 14.8. The van der Waals surface area contributed by atoms with Crippen LogP contribution in [0.3, 0.4) is 0 Å². The summed E-state index contributed by atoms with van der Waals surface area (Å²) in [5, 5.41) is 2.84. The van der Waals surface area contributed by atoms with Gasteiger partial charge in [0.25, 0.3) is 3.79 Å². The van der Waals surface area contributed by atoms with Gasteiger partial charge in [-0.1, -0.05) is 48.7 Å². The molecule has 2 N–H and O–H groups in total. The molecule has 0 aromatic heterocycles. The van der Waals surface area contributed by atoms with E-state index in [0.717, 1.165) is 4.90 Å². The second-order valence-electron chi connectivity index (χ2n) is 5.46. The minimum absolute atomic E-state index is 0.0737. The predicted octanol–water partition coefficient (Wildman–Crippen LogP) is 1.15. The summed E-state index contributed by atoms with van der Waals surface area (Å²) in [5.74, 6) is -0.263. The lowest BCUT2D eigenvalue weighted by Crippen LogP contribution is -3.22. The first-order chi connectivity index (χ1) is 8.61. The lowest BCUT2D eigenvalue weighted by molar-refractivity contribution is -0.941. The summed E-state index contributed by atoms with van der Waals surface area (Å²) < 4.78 is 4.12. The highest BCUT2D eigenvalue weighted by atomic mass is 35.6. The molecule has 1 aliphatic rings. The summed E-state index contributed by atoms with van der Waals surface area (Å²) in [5.41, 5.74) is 0. The average Bonchev–Trinajstić information content (AvgIpc) is 2.21. The summed E-state index contributed by atoms with van der Waals surface area (Å²) >= 11 is 18.1. The molecule has 112 valence electrons. The van der Waals surface area contributed by atoms with Crippen molar-refractivity contribution in [2.45, 2.75) is 49.9 Å². The average molecular weight is 333 g/mol. The molecule has 0 radical (unpaired) electrons. The zero-order valence-electron chi connectivity index (χ0n) is 11.7. The smallest absolute Gasteiger partial charge is 0.262 e. The van der Waals surface area contributed by atoms with E-state index in [0.29, 0.717) is 13.1 Å². The van der Waals surface area contributed by atoms with E-state index in [4.69, 9.17) is 39.5 Å². The van der Waals surface area contributed by atoms with Crippen LogP contribution in [0.25, 0.3) is 0 Å². The molecule has 4 nitrogen and oxygen atoms in total. The Morgan fingerprint density at radius 3 is 2.11 bits per heavy atom. The third-order valence-electron chi connectivity index (χ3n) is 3.11. The monoisotopic (exact) mass is 331 g/mol. The van der Waals surface area contributed by atoms with Gasteiger partial charge in [0.05, 0.1) is 0 Å². The second-order valence-corrected chi connectivity index (χ2v) is 7.83. The van der Waals surface area contributed by atoms with Crippen LogP contribution < -0.4 is 10.2 Å². The number of nitrogens with one attached hydrogen (secondary N) is 2. The lowest BCUT2D eigenvalue weighted by Gasteiger charge is -2.39. The van der Waals surface area contributed by atoms with Gasteiger partial charge in [-0.25, -0.2) is 0 Å². The first kappa shape index (κ1) is 17.3. The number of amides is 1. The van der Waals surface area contributed by atoms with Crippen LogP contribution in [0, 0.1) is 5.92 Å². The van der Waals surface area contributed by atoms with Gasteiger partial charge in [-0.3, -0.25) is 4.79 Å². The van der Waals surface area contributed by atoms with Crippen LogP contribution in [0.15, 0.2) is 0 Å². The Kier molecular flexibility index (Phi) is 6.21. The zero-order valence-corrected chi connectivity index (χ0v) is 13.9. The molecule has 0 aromatic rings. The van der Waals surface area contributed by atoms with Crippen LogP contribution >= 0.6 is 34.8 Å². The fraction of sp³-hybridized carbons (Fsp3) is 0.917. The molecule has 1 saturated heterocycles. The van der Waals surface area contributed by atoms with Gasteiger partial charge in [0, 0.05) is 5.92 Å². The van der Waals surface area contributed by atoms with Crippen molar-refractivity contribution < 1.29 is 14.4 Å². The molecule has 1 fully saturated rings. The highest BCUT2D eigenvalue weighted by Gasteiger charge is 2.45. The van der Waals surface area contributed by atoms with Crippen LogP contribution in [0.4, 0.5) is 0 Å². The van der Waals surface area contributed by atoms with Gasteiger partial charge >= 0.3 is 0 Å². The van der Waals surface area contributed by atoms with E-state index in [-0.39, 0.29) is 24.0 Å². The minimum Gasteiger partial charge on any atom is -0.364 e. The molecule has 4 atom stereocenters. The van der Waals surface area contributed by atoms with Crippen molar-refractivity contribution in [2.75, 3.05) is 13.1 Å². The fourth-order valence-electron chi connectivity index (χ4n) is 2.27. The number of carbonyl (C=O) groups is 1. The number of hydrogen-bond donors (Lipinski definition) is 2. The van der Waals surface area contributed by atoms with Crippen molar-refractivity contribution in [3.05, 3.63) is 0 Å². The van der Waals surface area contributed by atoms with Gasteiger partial charge in [-0.05, 0) is 13.8 Å². The van der Waals surface area contributed by atoms with Crippen LogP contribution in [0.5, 0.6) is 0 Å². The van der Waals surface area contributed by atoms with Gasteiger partial charge in [0.1, 0.15) is 25.3 Å². The van der Waals surface area contributed by atoms with Gasteiger partial charge in [-0.15, -0.1) is 0 Å². The largest absolute Gasteiger partial charge is 0.364 e. The maximum Gasteiger partial charge on any atom is 0.262 e. The van der Waals surface area contributed by atoms with E-state index in [1.54, 1.807) is 0 Å². The molecule has 0 aliphatic carbocycles. The number of quaternary nitrogens is 1. The second kappa shape index (κ2) is 6.81. The predicted molar refractivity (Wildman–Crippen MR) is 77.8 cm³/mol. The van der Waals surface area contributed by atoms with Crippen LogP contribution in [-0.2, 0) is 9.53 Å². The highest BCUT2D eigenvalue weighted by Crippen LogP contribution is 2.28. The van der Waals surface area contributed by atoms with E-state index < -0.39 is 9.96 Å². The van der Waals surface area contributed by atoms with Crippen molar-refractivity contribution in [3.8, 4) is 0 Å². The summed E-state index contributed by atoms with van der Waals surface area (Å²) in [4.78, 5) is 12.9. The quantitative estimate of drug-likeness (QED) is 0.761. The third-order valence-corrected chi connectivity index (χ3v) is 3.77. The normalized spacial score (nSPS) is 30.2. The Morgan fingerprint density at radius 2 is 1.74 bits per heavy atom. The molecule has 19 heavy (non-hydrogen) atoms. The molecule has 0 saturated carbocycles. The molecule has 1 aliphatic heterocycles. The summed E-state index contributed by atoms with van der Waals surface area (Å²) in [6.45, 7) is 8.97. The Bertz CT molecular complexity index is 311. The number of ether oxygens (including phenoxy) is 1. The van der Waals surface area contributed by atoms with E-state index in [1.165, 1.54) is 0 Å². The summed E-state index contributed by atoms with van der Waals surface area (Å²) in [6, 6.07) is 0. The number of halogens is 3. The Hall–Kier alpha value is 0.260. The molecular weight excluding hydrogens is 311 g/mol. The summed E-state index contributed by atoms with van der Waals surface area (Å²) in [6.07, 6.45) is -0.421. The molecule has 1 unspecified atom stereocenters. The maximum atomic E-state index is 11.9. The van der Waals surface area contributed by atoms with Gasteiger partial charge in [-0.2, -0.15) is 0 Å². The fourth-order valence-corrected chi connectivity index (χ4v) is 2.90. The van der Waals surface area contributed by atoms with Crippen molar-refractivity contribution in [1.29, 1.82) is 0 Å². The Balaban J connectivity index is 2.82. The SMILES string of the molecule is CC(C)C(=O)N[C@@H]([NH+]1C[C@@H](C)O[C@@H](C)C1)C(Cl)(Cl)Cl.